The first-order valence-electron chi connectivity index (χ1n) is 10.1. The summed E-state index contributed by atoms with van der Waals surface area (Å²) in [4.78, 5) is 21.9. The second-order valence-electron chi connectivity index (χ2n) is 7.60. The van der Waals surface area contributed by atoms with Crippen LogP contribution in [0.25, 0.3) is 10.2 Å². The van der Waals surface area contributed by atoms with E-state index >= 15 is 0 Å². The molecule has 0 saturated carbocycles. The number of amides is 1. The van der Waals surface area contributed by atoms with Gasteiger partial charge in [0.1, 0.15) is 27.5 Å². The molecule has 0 atom stereocenters. The summed E-state index contributed by atoms with van der Waals surface area (Å²) < 4.78 is 17.5. The number of hydrogen-bond donors (Lipinski definition) is 0. The maximum absolute atomic E-state index is 13.4. The molecule has 0 bridgehead atoms. The van der Waals surface area contributed by atoms with Gasteiger partial charge in [0, 0.05) is 18.7 Å². The lowest BCUT2D eigenvalue weighted by Crippen LogP contribution is -2.36. The number of nitrogens with zero attached hydrogens (tertiary/aromatic N) is 3. The van der Waals surface area contributed by atoms with E-state index in [4.69, 9.17) is 19.2 Å². The van der Waals surface area contributed by atoms with Crippen molar-refractivity contribution in [1.29, 1.82) is 0 Å². The highest BCUT2D eigenvalue weighted by Gasteiger charge is 2.24. The number of carbonyl (C=O) groups excluding carboxylic acids is 1. The Morgan fingerprint density at radius 3 is 2.23 bits per heavy atom. The van der Waals surface area contributed by atoms with Crippen LogP contribution in [-0.2, 0) is 0 Å². The molecule has 3 aromatic rings. The number of methoxy groups -OCH3 is 2. The summed E-state index contributed by atoms with van der Waals surface area (Å²) in [5.74, 6) is 1.97. The summed E-state index contributed by atoms with van der Waals surface area (Å²) in [6, 6.07) is 10.9. The minimum atomic E-state index is -0.116. The molecule has 0 radical (unpaired) electrons. The molecule has 0 unspecified atom stereocenters. The number of benzene rings is 2. The Morgan fingerprint density at radius 1 is 1.00 bits per heavy atom. The van der Waals surface area contributed by atoms with Gasteiger partial charge >= 0.3 is 0 Å². The summed E-state index contributed by atoms with van der Waals surface area (Å²) >= 11 is 1.42. The molecule has 8 heteroatoms. The van der Waals surface area contributed by atoms with E-state index in [2.05, 4.69) is 0 Å². The van der Waals surface area contributed by atoms with E-state index in [1.165, 1.54) is 11.3 Å². The average Bonchev–Trinajstić information content (AvgIpc) is 3.18. The minimum absolute atomic E-state index is 0.0749. The van der Waals surface area contributed by atoms with Gasteiger partial charge in [0.15, 0.2) is 5.13 Å². The number of anilines is 1. The number of hydrogen-bond acceptors (Lipinski definition) is 7. The molecule has 0 aliphatic carbocycles. The highest BCUT2D eigenvalue weighted by molar-refractivity contribution is 7.22. The lowest BCUT2D eigenvalue weighted by atomic mass is 10.2. The van der Waals surface area contributed by atoms with Gasteiger partial charge in [-0.25, -0.2) is 4.98 Å². The maximum Gasteiger partial charge on any atom is 0.260 e. The van der Waals surface area contributed by atoms with Gasteiger partial charge in [0.25, 0.3) is 5.91 Å². The van der Waals surface area contributed by atoms with Gasteiger partial charge in [-0.1, -0.05) is 11.3 Å². The summed E-state index contributed by atoms with van der Waals surface area (Å²) in [7, 11) is 7.18. The van der Waals surface area contributed by atoms with E-state index in [-0.39, 0.29) is 12.0 Å². The molecular formula is C23H29N3O4S. The molecule has 166 valence electrons. The van der Waals surface area contributed by atoms with Gasteiger partial charge in [-0.05, 0) is 64.3 Å². The third-order valence-corrected chi connectivity index (χ3v) is 5.71. The molecule has 1 amide bonds. The van der Waals surface area contributed by atoms with Crippen molar-refractivity contribution in [3.63, 3.8) is 0 Å². The summed E-state index contributed by atoms with van der Waals surface area (Å²) in [5, 5.41) is 0.604. The molecule has 2 aromatic carbocycles. The summed E-state index contributed by atoms with van der Waals surface area (Å²) in [5.41, 5.74) is 1.26. The van der Waals surface area contributed by atoms with Crippen molar-refractivity contribution < 1.29 is 19.0 Å². The normalized spacial score (nSPS) is 11.2. The Balaban J connectivity index is 1.99. The Labute approximate surface area is 187 Å². The second kappa shape index (κ2) is 9.98. The predicted molar refractivity (Wildman–Crippen MR) is 125 cm³/mol. The Bertz CT molecular complexity index is 990. The first-order valence-corrected chi connectivity index (χ1v) is 10.9. The Hall–Kier alpha value is -2.84. The monoisotopic (exact) mass is 443 g/mol. The standard InChI is InChI=1S/C23H29N3O4S/c1-15(2)30-17-9-7-16(8-10-17)22(27)26(14-13-25(3)4)23-24-20-18(28-5)11-12-19(29-6)21(20)31-23/h7-12,15H,13-14H2,1-6H3. The number of likely N-dealkylation sites (N-methyl/N-ethyl adjacent to an activating group) is 1. The van der Waals surface area contributed by atoms with E-state index < -0.39 is 0 Å². The van der Waals surface area contributed by atoms with Crippen LogP contribution in [-0.4, -0.2) is 63.3 Å². The number of carbonyl (C=O) groups is 1. The first kappa shape index (κ1) is 22.8. The van der Waals surface area contributed by atoms with Crippen LogP contribution in [0.5, 0.6) is 17.2 Å². The second-order valence-corrected chi connectivity index (χ2v) is 8.57. The zero-order chi connectivity index (χ0) is 22.5. The van der Waals surface area contributed by atoms with Crippen LogP contribution in [0.4, 0.5) is 5.13 Å². The highest BCUT2D eigenvalue weighted by atomic mass is 32.1. The molecule has 0 spiro atoms. The zero-order valence-corrected chi connectivity index (χ0v) is 19.7. The molecular weight excluding hydrogens is 414 g/mol. The van der Waals surface area contributed by atoms with Crippen LogP contribution in [0, 0.1) is 0 Å². The van der Waals surface area contributed by atoms with Crippen LogP contribution >= 0.6 is 11.3 Å². The smallest absolute Gasteiger partial charge is 0.260 e. The molecule has 0 N–H and O–H groups in total. The van der Waals surface area contributed by atoms with Crippen LogP contribution in [0.3, 0.4) is 0 Å². The summed E-state index contributed by atoms with van der Waals surface area (Å²) in [6.45, 7) is 5.14. The van der Waals surface area contributed by atoms with E-state index in [0.717, 1.165) is 10.4 Å². The highest BCUT2D eigenvalue weighted by Crippen LogP contribution is 2.40. The van der Waals surface area contributed by atoms with Crippen molar-refractivity contribution in [3.05, 3.63) is 42.0 Å². The fourth-order valence-electron chi connectivity index (χ4n) is 3.08. The molecule has 7 nitrogen and oxygen atoms in total. The van der Waals surface area contributed by atoms with Crippen molar-refractivity contribution in [2.45, 2.75) is 20.0 Å². The van der Waals surface area contributed by atoms with Crippen molar-refractivity contribution in [2.75, 3.05) is 46.3 Å². The third-order valence-electron chi connectivity index (χ3n) is 4.62. The fourth-order valence-corrected chi connectivity index (χ4v) is 4.18. The van der Waals surface area contributed by atoms with E-state index in [0.29, 0.717) is 40.8 Å². The fraction of sp³-hybridized carbons (Fsp3) is 0.391. The lowest BCUT2D eigenvalue weighted by Gasteiger charge is -2.22. The topological polar surface area (TPSA) is 64.1 Å². The molecule has 31 heavy (non-hydrogen) atoms. The Morgan fingerprint density at radius 2 is 1.65 bits per heavy atom. The number of thiazole rings is 1. The quantitative estimate of drug-likeness (QED) is 0.491. The lowest BCUT2D eigenvalue weighted by molar-refractivity contribution is 0.0985. The predicted octanol–water partition coefficient (Wildman–Crippen LogP) is 4.31. The number of aromatic nitrogens is 1. The summed E-state index contributed by atoms with van der Waals surface area (Å²) in [6.07, 6.45) is 0.0749. The van der Waals surface area contributed by atoms with Gasteiger partial charge in [-0.15, -0.1) is 0 Å². The average molecular weight is 444 g/mol. The molecule has 3 rings (SSSR count). The van der Waals surface area contributed by atoms with E-state index in [1.807, 2.05) is 57.1 Å². The molecule has 1 aromatic heterocycles. The van der Waals surface area contributed by atoms with Crippen LogP contribution in [0.1, 0.15) is 24.2 Å². The van der Waals surface area contributed by atoms with Gasteiger partial charge in [0.2, 0.25) is 0 Å². The van der Waals surface area contributed by atoms with Gasteiger partial charge < -0.3 is 19.1 Å². The molecule has 0 aliphatic rings. The van der Waals surface area contributed by atoms with Crippen molar-refractivity contribution in [3.8, 4) is 17.2 Å². The Kier molecular flexibility index (Phi) is 7.35. The van der Waals surface area contributed by atoms with Crippen molar-refractivity contribution in [1.82, 2.24) is 9.88 Å². The minimum Gasteiger partial charge on any atom is -0.495 e. The van der Waals surface area contributed by atoms with Crippen LogP contribution in [0.15, 0.2) is 36.4 Å². The number of fused-ring (bicyclic) bond motifs is 1. The molecule has 0 fully saturated rings. The SMILES string of the molecule is COc1ccc(OC)c2sc(N(CCN(C)C)C(=O)c3ccc(OC(C)C)cc3)nc12. The van der Waals surface area contributed by atoms with Crippen molar-refractivity contribution >= 4 is 32.6 Å². The van der Waals surface area contributed by atoms with Gasteiger partial charge in [-0.3, -0.25) is 9.69 Å². The molecule has 0 saturated heterocycles. The van der Waals surface area contributed by atoms with Gasteiger partial charge in [-0.2, -0.15) is 0 Å². The van der Waals surface area contributed by atoms with Gasteiger partial charge in [0.05, 0.1) is 20.3 Å². The van der Waals surface area contributed by atoms with E-state index in [1.54, 1.807) is 31.3 Å². The maximum atomic E-state index is 13.4. The zero-order valence-electron chi connectivity index (χ0n) is 18.8. The largest absolute Gasteiger partial charge is 0.495 e. The third kappa shape index (κ3) is 5.26. The molecule has 1 heterocycles. The number of rotatable bonds is 9. The van der Waals surface area contributed by atoms with Crippen LogP contribution in [0.2, 0.25) is 0 Å². The van der Waals surface area contributed by atoms with Crippen molar-refractivity contribution in [2.24, 2.45) is 0 Å². The number of ether oxygens (including phenoxy) is 3. The van der Waals surface area contributed by atoms with Crippen LogP contribution < -0.4 is 19.1 Å². The first-order chi connectivity index (χ1) is 14.8. The van der Waals surface area contributed by atoms with E-state index in [9.17, 15) is 4.79 Å². The molecule has 0 aliphatic heterocycles.